The van der Waals surface area contributed by atoms with Gasteiger partial charge in [-0.2, -0.15) is 0 Å². The molecule has 1 N–H and O–H groups in total. The van der Waals surface area contributed by atoms with Crippen LogP contribution in [0.2, 0.25) is 0 Å². The Morgan fingerprint density at radius 3 is 2.74 bits per heavy atom. The molecular weight excluding hydrogens is 292 g/mol. The molecule has 0 spiro atoms. The highest BCUT2D eigenvalue weighted by Gasteiger charge is 2.10. The highest BCUT2D eigenvalue weighted by Crippen LogP contribution is 2.18. The number of aromatic nitrogens is 1. The first-order valence-electron chi connectivity index (χ1n) is 7.39. The summed E-state index contributed by atoms with van der Waals surface area (Å²) in [6.07, 6.45) is 0.239. The van der Waals surface area contributed by atoms with E-state index in [4.69, 9.17) is 4.42 Å². The van der Waals surface area contributed by atoms with Gasteiger partial charge in [-0.1, -0.05) is 18.2 Å². The van der Waals surface area contributed by atoms with Crippen LogP contribution in [0, 0.1) is 13.8 Å². The van der Waals surface area contributed by atoms with Crippen LogP contribution < -0.4 is 11.1 Å². The molecule has 0 saturated heterocycles. The third kappa shape index (κ3) is 3.04. The van der Waals surface area contributed by atoms with E-state index in [9.17, 15) is 9.59 Å². The Kier molecular flexibility index (Phi) is 3.78. The zero-order chi connectivity index (χ0) is 16.6. The van der Waals surface area contributed by atoms with E-state index in [1.165, 1.54) is 4.57 Å². The predicted octanol–water partition coefficient (Wildman–Crippen LogP) is 2.93. The Hall–Kier alpha value is -2.82. The van der Waals surface area contributed by atoms with Crippen molar-refractivity contribution in [1.82, 2.24) is 4.57 Å². The number of carbonyl (C=O) groups excluding carboxylic acids is 1. The topological polar surface area (TPSA) is 64.2 Å². The van der Waals surface area contributed by atoms with Gasteiger partial charge < -0.3 is 9.73 Å². The average Bonchev–Trinajstić information content (AvgIpc) is 2.78. The summed E-state index contributed by atoms with van der Waals surface area (Å²) in [4.78, 5) is 23.8. The third-order valence-corrected chi connectivity index (χ3v) is 3.89. The van der Waals surface area contributed by atoms with Crippen LogP contribution in [0.1, 0.15) is 16.7 Å². The number of rotatable bonds is 3. The molecule has 0 radical (unpaired) electrons. The number of fused-ring (bicyclic) bond motifs is 1. The van der Waals surface area contributed by atoms with Crippen molar-refractivity contribution >= 4 is 22.7 Å². The van der Waals surface area contributed by atoms with Crippen molar-refractivity contribution in [2.24, 2.45) is 7.05 Å². The molecule has 0 saturated carbocycles. The van der Waals surface area contributed by atoms with Crippen molar-refractivity contribution in [2.75, 3.05) is 5.32 Å². The van der Waals surface area contributed by atoms with E-state index >= 15 is 0 Å². The Balaban J connectivity index is 1.81. The van der Waals surface area contributed by atoms with Gasteiger partial charge >= 0.3 is 5.76 Å². The van der Waals surface area contributed by atoms with E-state index in [0.29, 0.717) is 11.1 Å². The smallest absolute Gasteiger partial charge is 0.408 e. The number of carbonyl (C=O) groups is 1. The van der Waals surface area contributed by atoms with Crippen molar-refractivity contribution in [2.45, 2.75) is 20.3 Å². The minimum absolute atomic E-state index is 0.0912. The van der Waals surface area contributed by atoms with Crippen LogP contribution in [0.4, 0.5) is 5.69 Å². The molecule has 0 fully saturated rings. The van der Waals surface area contributed by atoms with Gasteiger partial charge in [0.25, 0.3) is 0 Å². The van der Waals surface area contributed by atoms with Crippen molar-refractivity contribution in [3.05, 3.63) is 63.6 Å². The summed E-state index contributed by atoms with van der Waals surface area (Å²) in [5, 5.41) is 2.94. The SMILES string of the molecule is Cc1ccc(C)c(NC(=O)Cc2ccc3oc(=O)n(C)c3c2)c1. The molecule has 23 heavy (non-hydrogen) atoms. The van der Waals surface area contributed by atoms with E-state index in [1.807, 2.05) is 38.1 Å². The van der Waals surface area contributed by atoms with Crippen LogP contribution in [-0.4, -0.2) is 10.5 Å². The van der Waals surface area contributed by atoms with Gasteiger partial charge in [-0.3, -0.25) is 9.36 Å². The third-order valence-electron chi connectivity index (χ3n) is 3.89. The number of amides is 1. The van der Waals surface area contributed by atoms with Gasteiger partial charge in [0, 0.05) is 12.7 Å². The molecule has 0 bridgehead atoms. The molecule has 0 atom stereocenters. The number of aryl methyl sites for hydroxylation is 3. The Morgan fingerprint density at radius 1 is 1.17 bits per heavy atom. The highest BCUT2D eigenvalue weighted by molar-refractivity contribution is 5.93. The number of hydrogen-bond donors (Lipinski definition) is 1. The Bertz CT molecular complexity index is 951. The monoisotopic (exact) mass is 310 g/mol. The van der Waals surface area contributed by atoms with E-state index in [-0.39, 0.29) is 12.3 Å². The van der Waals surface area contributed by atoms with Gasteiger partial charge in [-0.05, 0) is 48.7 Å². The molecule has 1 aromatic heterocycles. The molecule has 0 unspecified atom stereocenters. The molecular formula is C18H18N2O3. The first-order chi connectivity index (χ1) is 10.9. The lowest BCUT2D eigenvalue weighted by Crippen LogP contribution is -2.15. The van der Waals surface area contributed by atoms with Crippen LogP contribution in [0.5, 0.6) is 0 Å². The minimum atomic E-state index is -0.406. The zero-order valence-electron chi connectivity index (χ0n) is 13.3. The molecule has 118 valence electrons. The maximum absolute atomic E-state index is 12.3. The summed E-state index contributed by atoms with van der Waals surface area (Å²) in [5.74, 6) is -0.497. The van der Waals surface area contributed by atoms with E-state index < -0.39 is 5.76 Å². The summed E-state index contributed by atoms with van der Waals surface area (Å²) in [7, 11) is 1.65. The second-order valence-corrected chi connectivity index (χ2v) is 5.77. The van der Waals surface area contributed by atoms with E-state index in [0.717, 1.165) is 22.4 Å². The van der Waals surface area contributed by atoms with Crippen molar-refractivity contribution in [1.29, 1.82) is 0 Å². The second kappa shape index (κ2) is 5.76. The van der Waals surface area contributed by atoms with Crippen LogP contribution in [0.3, 0.4) is 0 Å². The quantitative estimate of drug-likeness (QED) is 0.809. The summed E-state index contributed by atoms with van der Waals surface area (Å²) in [5.41, 5.74) is 4.99. The number of nitrogens with zero attached hydrogens (tertiary/aromatic N) is 1. The fourth-order valence-corrected chi connectivity index (χ4v) is 2.53. The Labute approximate surface area is 133 Å². The molecule has 1 heterocycles. The van der Waals surface area contributed by atoms with E-state index in [1.54, 1.807) is 19.2 Å². The molecule has 1 amide bonds. The zero-order valence-corrected chi connectivity index (χ0v) is 13.3. The lowest BCUT2D eigenvalue weighted by Gasteiger charge is -2.09. The average molecular weight is 310 g/mol. The molecule has 0 aliphatic rings. The highest BCUT2D eigenvalue weighted by atomic mass is 16.4. The van der Waals surface area contributed by atoms with Crippen LogP contribution in [-0.2, 0) is 18.3 Å². The number of anilines is 1. The van der Waals surface area contributed by atoms with Gasteiger partial charge in [0.2, 0.25) is 5.91 Å². The maximum atomic E-state index is 12.3. The maximum Gasteiger partial charge on any atom is 0.419 e. The van der Waals surface area contributed by atoms with Gasteiger partial charge in [-0.15, -0.1) is 0 Å². The fraction of sp³-hybridized carbons (Fsp3) is 0.222. The van der Waals surface area contributed by atoms with Gasteiger partial charge in [-0.25, -0.2) is 4.79 Å². The summed E-state index contributed by atoms with van der Waals surface area (Å²) >= 11 is 0. The summed E-state index contributed by atoms with van der Waals surface area (Å²) in [6.45, 7) is 3.95. The number of hydrogen-bond acceptors (Lipinski definition) is 3. The summed E-state index contributed by atoms with van der Waals surface area (Å²) in [6, 6.07) is 11.3. The molecule has 5 nitrogen and oxygen atoms in total. The van der Waals surface area contributed by atoms with Crippen molar-refractivity contribution in [3.63, 3.8) is 0 Å². The van der Waals surface area contributed by atoms with Gasteiger partial charge in [0.15, 0.2) is 5.58 Å². The van der Waals surface area contributed by atoms with Crippen molar-refractivity contribution in [3.8, 4) is 0 Å². The first-order valence-corrected chi connectivity index (χ1v) is 7.39. The molecule has 5 heteroatoms. The standard InChI is InChI=1S/C18H18N2O3/c1-11-4-5-12(2)14(8-11)19-17(21)10-13-6-7-16-15(9-13)20(3)18(22)23-16/h4-9H,10H2,1-3H3,(H,19,21). The second-order valence-electron chi connectivity index (χ2n) is 5.77. The normalized spacial score (nSPS) is 10.9. The molecule has 0 aliphatic heterocycles. The van der Waals surface area contributed by atoms with E-state index in [2.05, 4.69) is 5.32 Å². The number of benzene rings is 2. The molecule has 2 aromatic carbocycles. The Morgan fingerprint density at radius 2 is 1.96 bits per heavy atom. The fourth-order valence-electron chi connectivity index (χ4n) is 2.53. The van der Waals surface area contributed by atoms with Gasteiger partial charge in [0.05, 0.1) is 11.9 Å². The van der Waals surface area contributed by atoms with Crippen molar-refractivity contribution < 1.29 is 9.21 Å². The van der Waals surface area contributed by atoms with Gasteiger partial charge in [0.1, 0.15) is 0 Å². The van der Waals surface area contributed by atoms with Crippen LogP contribution in [0.25, 0.3) is 11.1 Å². The molecule has 3 rings (SSSR count). The van der Waals surface area contributed by atoms with Crippen LogP contribution in [0.15, 0.2) is 45.6 Å². The molecule has 3 aromatic rings. The first kappa shape index (κ1) is 15.1. The predicted molar refractivity (Wildman–Crippen MR) is 89.7 cm³/mol. The summed E-state index contributed by atoms with van der Waals surface area (Å²) < 4.78 is 6.52. The minimum Gasteiger partial charge on any atom is -0.408 e. The number of oxazole rings is 1. The largest absolute Gasteiger partial charge is 0.419 e. The molecule has 0 aliphatic carbocycles. The van der Waals surface area contributed by atoms with Crippen LogP contribution >= 0.6 is 0 Å². The lowest BCUT2D eigenvalue weighted by molar-refractivity contribution is -0.115. The lowest BCUT2D eigenvalue weighted by atomic mass is 10.1. The number of nitrogens with one attached hydrogen (secondary N) is 1.